The van der Waals surface area contributed by atoms with Crippen LogP contribution in [0.3, 0.4) is 0 Å². The van der Waals surface area contributed by atoms with Crippen molar-refractivity contribution in [3.63, 3.8) is 0 Å². The number of ether oxygens (including phenoxy) is 1. The van der Waals surface area contributed by atoms with Gasteiger partial charge in [-0.2, -0.15) is 10.6 Å². The van der Waals surface area contributed by atoms with Crippen molar-refractivity contribution in [2.75, 3.05) is 12.4 Å². The van der Waals surface area contributed by atoms with Crippen molar-refractivity contribution >= 4 is 32.9 Å². The summed E-state index contributed by atoms with van der Waals surface area (Å²) in [4.78, 5) is 4.40. The van der Waals surface area contributed by atoms with Crippen LogP contribution in [0.5, 0.6) is 5.75 Å². The molecule has 23 heavy (non-hydrogen) atoms. The lowest BCUT2D eigenvalue weighted by molar-refractivity contribution is 0.415. The minimum Gasteiger partial charge on any atom is -0.497 e. The third-order valence-corrected chi connectivity index (χ3v) is 4.06. The van der Waals surface area contributed by atoms with E-state index in [1.165, 1.54) is 12.1 Å². The first-order chi connectivity index (χ1) is 11.1. The summed E-state index contributed by atoms with van der Waals surface area (Å²) in [5.74, 6) is 0.122. The molecule has 2 aromatic carbocycles. The summed E-state index contributed by atoms with van der Waals surface area (Å²) < 4.78 is 37.5. The van der Waals surface area contributed by atoms with E-state index in [2.05, 4.69) is 10.3 Å². The summed E-state index contributed by atoms with van der Waals surface area (Å²) in [6.07, 6.45) is 1.62. The zero-order valence-corrected chi connectivity index (χ0v) is 13.0. The summed E-state index contributed by atoms with van der Waals surface area (Å²) in [7, 11) is -0.382. The predicted molar refractivity (Wildman–Crippen MR) is 87.0 cm³/mol. The normalized spacial score (nSPS) is 10.9. The van der Waals surface area contributed by atoms with Crippen molar-refractivity contribution in [3.05, 3.63) is 54.5 Å². The lowest BCUT2D eigenvalue weighted by Gasteiger charge is -2.12. The first-order valence-corrected chi connectivity index (χ1v) is 7.86. The summed E-state index contributed by atoms with van der Waals surface area (Å²) in [5, 5.41) is 3.82. The molecule has 0 saturated heterocycles. The van der Waals surface area contributed by atoms with E-state index in [1.807, 2.05) is 6.07 Å². The van der Waals surface area contributed by atoms with Gasteiger partial charge in [-0.15, -0.1) is 0 Å². The molecule has 0 fully saturated rings. The van der Waals surface area contributed by atoms with Crippen LogP contribution in [0, 0.1) is 10.6 Å². The lowest BCUT2D eigenvalue weighted by Crippen LogP contribution is -1.96. The second-order valence-corrected chi connectivity index (χ2v) is 5.79. The molecule has 0 saturated carbocycles. The molecule has 118 valence electrons. The van der Waals surface area contributed by atoms with Crippen LogP contribution in [0.2, 0.25) is 0 Å². The van der Waals surface area contributed by atoms with Crippen LogP contribution >= 0.6 is 0 Å². The largest absolute Gasteiger partial charge is 0.497 e. The van der Waals surface area contributed by atoms with Crippen molar-refractivity contribution in [3.8, 4) is 5.75 Å². The van der Waals surface area contributed by atoms with Crippen molar-refractivity contribution in [2.45, 2.75) is 4.90 Å². The molecule has 7 heteroatoms. The van der Waals surface area contributed by atoms with E-state index in [1.54, 1.807) is 31.5 Å². The van der Waals surface area contributed by atoms with Gasteiger partial charge in [-0.1, -0.05) is 11.0 Å². The Morgan fingerprint density at radius 1 is 1.17 bits per heavy atom. The minimum atomic E-state index is -1.96. The smallest absolute Gasteiger partial charge is 0.145 e. The number of pyridine rings is 1. The Morgan fingerprint density at radius 3 is 2.70 bits per heavy atom. The highest BCUT2D eigenvalue weighted by molar-refractivity contribution is 7.73. The number of aromatic nitrogens is 1. The van der Waals surface area contributed by atoms with Crippen molar-refractivity contribution in [2.24, 2.45) is 0 Å². The van der Waals surface area contributed by atoms with E-state index in [0.29, 0.717) is 11.4 Å². The highest BCUT2D eigenvalue weighted by Crippen LogP contribution is 2.29. The van der Waals surface area contributed by atoms with Crippen LogP contribution in [0.1, 0.15) is 0 Å². The summed E-state index contributed by atoms with van der Waals surface area (Å²) in [6.45, 7) is 0. The third kappa shape index (κ3) is 3.09. The Kier molecular flexibility index (Phi) is 4.12. The van der Waals surface area contributed by atoms with E-state index in [4.69, 9.17) is 9.52 Å². The number of rotatable bonds is 4. The van der Waals surface area contributed by atoms with Gasteiger partial charge < -0.3 is 19.0 Å². The molecule has 2 N–H and O–H groups in total. The molecule has 3 rings (SSSR count). The third-order valence-electron chi connectivity index (χ3n) is 3.37. The molecule has 0 spiro atoms. The number of benzene rings is 2. The fraction of sp³-hybridized carbons (Fsp3) is 0.0625. The number of anilines is 2. The lowest BCUT2D eigenvalue weighted by atomic mass is 10.1. The molecule has 1 heterocycles. The predicted octanol–water partition coefficient (Wildman–Crippen LogP) is 4.21. The Hall–Kier alpha value is -2.67. The second-order valence-electron chi connectivity index (χ2n) is 4.78. The molecule has 0 aliphatic rings. The second kappa shape index (κ2) is 6.21. The maximum Gasteiger partial charge on any atom is 0.145 e. The van der Waals surface area contributed by atoms with Crippen molar-refractivity contribution < 1.29 is 13.3 Å². The highest BCUT2D eigenvalue weighted by atomic mass is 32.2. The van der Waals surface area contributed by atoms with Gasteiger partial charge in [-0.25, -0.2) is 4.39 Å². The molecular weight excluding hydrogens is 317 g/mol. The van der Waals surface area contributed by atoms with Crippen LogP contribution < -0.4 is 10.1 Å². The van der Waals surface area contributed by atoms with E-state index >= 15 is 0 Å². The van der Waals surface area contributed by atoms with Gasteiger partial charge in [0.2, 0.25) is 0 Å². The van der Waals surface area contributed by atoms with E-state index < -0.39 is 16.4 Å². The first kappa shape index (κ1) is 15.2. The molecule has 0 radical (unpaired) electrons. The maximum absolute atomic E-state index is 14.1. The fourth-order valence-corrected chi connectivity index (χ4v) is 2.62. The average Bonchev–Trinajstić information content (AvgIpc) is 2.56. The number of methoxy groups -OCH3 is 1. The van der Waals surface area contributed by atoms with Gasteiger partial charge in [-0.05, 0) is 30.3 Å². The molecule has 1 aromatic heterocycles. The Balaban J connectivity index is 2.01. The van der Waals surface area contributed by atoms with Gasteiger partial charge in [0.05, 0.1) is 18.3 Å². The van der Waals surface area contributed by atoms with Gasteiger partial charge in [0.15, 0.2) is 0 Å². The van der Waals surface area contributed by atoms with Crippen molar-refractivity contribution in [1.29, 1.82) is 4.78 Å². The summed E-state index contributed by atoms with van der Waals surface area (Å²) >= 11 is 0. The molecule has 0 aliphatic carbocycles. The highest BCUT2D eigenvalue weighted by Gasteiger charge is 2.07. The first-order valence-electron chi connectivity index (χ1n) is 6.71. The molecule has 0 atom stereocenters. The SMILES string of the molecule is COc1ccc2c(Nc3ccc([S-](=N)=O)cc3F)ccnc2c1. The number of halogens is 1. The van der Waals surface area contributed by atoms with Crippen LogP contribution in [0.15, 0.2) is 53.6 Å². The summed E-state index contributed by atoms with van der Waals surface area (Å²) in [6, 6.07) is 11.2. The Labute approximate surface area is 134 Å². The molecule has 0 amide bonds. The molecule has 0 bridgehead atoms. The number of fused-ring (bicyclic) bond motifs is 1. The Morgan fingerprint density at radius 2 is 2.00 bits per heavy atom. The van der Waals surface area contributed by atoms with Crippen LogP contribution in [-0.4, -0.2) is 12.1 Å². The maximum atomic E-state index is 14.1. The topological polar surface area (TPSA) is 75.1 Å². The van der Waals surface area contributed by atoms with E-state index in [-0.39, 0.29) is 10.6 Å². The monoisotopic (exact) mass is 330 g/mol. The fourth-order valence-electron chi connectivity index (χ4n) is 2.22. The molecule has 5 nitrogen and oxygen atoms in total. The van der Waals surface area contributed by atoms with Gasteiger partial charge in [-0.3, -0.25) is 4.98 Å². The molecule has 0 unspecified atom stereocenters. The van der Waals surface area contributed by atoms with Crippen LogP contribution in [-0.2, 0) is 14.8 Å². The number of nitrogens with one attached hydrogen (secondary N) is 2. The van der Waals surface area contributed by atoms with Gasteiger partial charge >= 0.3 is 0 Å². The average molecular weight is 330 g/mol. The van der Waals surface area contributed by atoms with E-state index in [0.717, 1.165) is 17.0 Å². The van der Waals surface area contributed by atoms with Crippen LogP contribution in [0.25, 0.3) is 10.9 Å². The quantitative estimate of drug-likeness (QED) is 0.703. The van der Waals surface area contributed by atoms with Crippen LogP contribution in [0.4, 0.5) is 15.8 Å². The number of nitrogens with zero attached hydrogens (tertiary/aromatic N) is 1. The van der Waals surface area contributed by atoms with Crippen molar-refractivity contribution in [1.82, 2.24) is 4.98 Å². The van der Waals surface area contributed by atoms with Gasteiger partial charge in [0.1, 0.15) is 11.6 Å². The van der Waals surface area contributed by atoms with Gasteiger partial charge in [0.25, 0.3) is 0 Å². The summed E-state index contributed by atoms with van der Waals surface area (Å²) in [5.41, 5.74) is 1.65. The molecular formula is C16H13FN3O2S-. The number of hydrogen-bond donors (Lipinski definition) is 2. The standard InChI is InChI=1S/C16H13FN3O2S/c1-22-10-2-4-12-14(6-7-19-16(12)8-10)20-15-5-3-11(23(18)21)9-13(15)17/h2-9,18H,1H3,(H,19,20)/q-1. The Bertz CT molecular complexity index is 949. The minimum absolute atomic E-state index is 0.123. The zero-order chi connectivity index (χ0) is 16.4. The van der Waals surface area contributed by atoms with E-state index in [9.17, 15) is 8.60 Å². The molecule has 0 aliphatic heterocycles. The zero-order valence-electron chi connectivity index (χ0n) is 12.2. The molecule has 3 aromatic rings. The number of hydrogen-bond acceptors (Lipinski definition) is 6. The van der Waals surface area contributed by atoms with Gasteiger partial charge in [0, 0.05) is 23.3 Å².